The second-order valence-electron chi connectivity index (χ2n) is 4.06. The summed E-state index contributed by atoms with van der Waals surface area (Å²) in [5.74, 6) is 0.621. The molecule has 0 N–H and O–H groups in total. The third-order valence-corrected chi connectivity index (χ3v) is 2.56. The Morgan fingerprint density at radius 3 is 2.60 bits per heavy atom. The van der Waals surface area contributed by atoms with Crippen LogP contribution in [-0.2, 0) is 9.47 Å². The van der Waals surface area contributed by atoms with Gasteiger partial charge in [-0.2, -0.15) is 4.98 Å². The number of aromatic nitrogens is 2. The summed E-state index contributed by atoms with van der Waals surface area (Å²) in [5, 5.41) is 3.72. The molecule has 6 heteroatoms. The molecule has 1 aromatic carbocycles. The summed E-state index contributed by atoms with van der Waals surface area (Å²) in [4.78, 5) is 15.8. The Balaban J connectivity index is 1.95. The molecule has 1 heterocycles. The zero-order chi connectivity index (χ0) is 14.4. The largest absolute Gasteiger partial charge is 0.460 e. The van der Waals surface area contributed by atoms with Crippen molar-refractivity contribution >= 4 is 5.97 Å². The molecule has 0 aliphatic rings. The van der Waals surface area contributed by atoms with Crippen LogP contribution in [0.4, 0.5) is 0 Å². The molecule has 0 atom stereocenters. The van der Waals surface area contributed by atoms with E-state index >= 15 is 0 Å². The van der Waals surface area contributed by atoms with Crippen molar-refractivity contribution in [1.29, 1.82) is 0 Å². The predicted octanol–water partition coefficient (Wildman–Crippen LogP) is 2.24. The van der Waals surface area contributed by atoms with Crippen molar-refractivity contribution in [3.05, 3.63) is 35.7 Å². The van der Waals surface area contributed by atoms with Gasteiger partial charge in [0.2, 0.25) is 0 Å². The molecular weight excluding hydrogens is 260 g/mol. The molecule has 1 aromatic heterocycles. The molecule has 0 aliphatic carbocycles. The number of ether oxygens (including phenoxy) is 2. The van der Waals surface area contributed by atoms with E-state index in [9.17, 15) is 4.79 Å². The van der Waals surface area contributed by atoms with Crippen molar-refractivity contribution in [3.63, 3.8) is 0 Å². The van der Waals surface area contributed by atoms with Crippen molar-refractivity contribution in [2.45, 2.75) is 13.8 Å². The Kier molecular flexibility index (Phi) is 4.84. The van der Waals surface area contributed by atoms with Gasteiger partial charge in [0.25, 0.3) is 5.89 Å². The number of aryl methyl sites for hydroxylation is 1. The van der Waals surface area contributed by atoms with E-state index in [1.807, 2.05) is 6.92 Å². The average molecular weight is 276 g/mol. The minimum Gasteiger partial charge on any atom is -0.460 e. The Hall–Kier alpha value is -2.21. The molecule has 0 saturated heterocycles. The zero-order valence-corrected chi connectivity index (χ0v) is 11.5. The number of rotatable bonds is 6. The van der Waals surface area contributed by atoms with Gasteiger partial charge in [-0.15, -0.1) is 0 Å². The van der Waals surface area contributed by atoms with Crippen LogP contribution in [0.3, 0.4) is 0 Å². The number of carbonyl (C=O) groups excluding carboxylic acids is 1. The second kappa shape index (κ2) is 6.81. The topological polar surface area (TPSA) is 74.5 Å². The Labute approximate surface area is 116 Å². The van der Waals surface area contributed by atoms with Gasteiger partial charge in [-0.3, -0.25) is 0 Å². The molecule has 0 radical (unpaired) electrons. The quantitative estimate of drug-likeness (QED) is 0.595. The molecule has 2 rings (SSSR count). The maximum Gasteiger partial charge on any atom is 0.338 e. The standard InChI is InChI=1S/C14H16N2O4/c1-3-18-8-9-19-14(17)12-6-4-11(5-7-12)13-15-10(2)16-20-13/h4-7H,3,8-9H2,1-2H3. The SMILES string of the molecule is CCOCCOC(=O)c1ccc(-c2nc(C)no2)cc1. The molecule has 0 fully saturated rings. The summed E-state index contributed by atoms with van der Waals surface area (Å²) in [5.41, 5.74) is 1.23. The molecule has 2 aromatic rings. The smallest absolute Gasteiger partial charge is 0.338 e. The summed E-state index contributed by atoms with van der Waals surface area (Å²) in [6.45, 7) is 4.89. The number of esters is 1. The lowest BCUT2D eigenvalue weighted by Crippen LogP contribution is -2.10. The lowest BCUT2D eigenvalue weighted by Gasteiger charge is -2.05. The highest BCUT2D eigenvalue weighted by Crippen LogP contribution is 2.17. The van der Waals surface area contributed by atoms with Crippen LogP contribution in [0.5, 0.6) is 0 Å². The van der Waals surface area contributed by atoms with Gasteiger partial charge in [-0.05, 0) is 38.1 Å². The van der Waals surface area contributed by atoms with Gasteiger partial charge >= 0.3 is 5.97 Å². The summed E-state index contributed by atoms with van der Waals surface area (Å²) >= 11 is 0. The minimum atomic E-state index is -0.377. The molecule has 0 saturated carbocycles. The first kappa shape index (κ1) is 14.2. The fourth-order valence-electron chi connectivity index (χ4n) is 1.58. The van der Waals surface area contributed by atoms with E-state index in [-0.39, 0.29) is 12.6 Å². The van der Waals surface area contributed by atoms with Gasteiger partial charge in [0.05, 0.1) is 12.2 Å². The van der Waals surface area contributed by atoms with E-state index in [2.05, 4.69) is 10.1 Å². The summed E-state index contributed by atoms with van der Waals surface area (Å²) in [6, 6.07) is 6.81. The molecule has 0 unspecified atom stereocenters. The number of hydrogen-bond donors (Lipinski definition) is 0. The fourth-order valence-corrected chi connectivity index (χ4v) is 1.58. The van der Waals surface area contributed by atoms with E-state index in [1.165, 1.54) is 0 Å². The maximum absolute atomic E-state index is 11.7. The van der Waals surface area contributed by atoms with Crippen LogP contribution in [0, 0.1) is 6.92 Å². The van der Waals surface area contributed by atoms with Crippen LogP contribution < -0.4 is 0 Å². The summed E-state index contributed by atoms with van der Waals surface area (Å²) in [7, 11) is 0. The van der Waals surface area contributed by atoms with Gasteiger partial charge < -0.3 is 14.0 Å². The van der Waals surface area contributed by atoms with Gasteiger partial charge in [-0.1, -0.05) is 5.16 Å². The molecule has 0 amide bonds. The Morgan fingerprint density at radius 1 is 1.25 bits per heavy atom. The van der Waals surface area contributed by atoms with Gasteiger partial charge in [0.15, 0.2) is 5.82 Å². The predicted molar refractivity (Wildman–Crippen MR) is 71.2 cm³/mol. The van der Waals surface area contributed by atoms with Crippen molar-refractivity contribution in [2.75, 3.05) is 19.8 Å². The number of carbonyl (C=O) groups is 1. The summed E-state index contributed by atoms with van der Waals surface area (Å²) < 4.78 is 15.2. The first-order chi connectivity index (χ1) is 9.70. The first-order valence-electron chi connectivity index (χ1n) is 6.36. The molecule has 20 heavy (non-hydrogen) atoms. The normalized spacial score (nSPS) is 10.5. The molecule has 0 bridgehead atoms. The van der Waals surface area contributed by atoms with Crippen LogP contribution in [0.1, 0.15) is 23.1 Å². The molecule has 0 aliphatic heterocycles. The van der Waals surface area contributed by atoms with Crippen LogP contribution >= 0.6 is 0 Å². The summed E-state index contributed by atoms with van der Waals surface area (Å²) in [6.07, 6.45) is 0. The van der Waals surface area contributed by atoms with Crippen molar-refractivity contribution in [1.82, 2.24) is 10.1 Å². The number of hydrogen-bond acceptors (Lipinski definition) is 6. The molecular formula is C14H16N2O4. The molecule has 6 nitrogen and oxygen atoms in total. The highest BCUT2D eigenvalue weighted by Gasteiger charge is 2.10. The number of benzene rings is 1. The molecule has 0 spiro atoms. The van der Waals surface area contributed by atoms with E-state index in [0.717, 1.165) is 5.56 Å². The third-order valence-electron chi connectivity index (χ3n) is 2.56. The van der Waals surface area contributed by atoms with E-state index in [4.69, 9.17) is 14.0 Å². The van der Waals surface area contributed by atoms with E-state index in [1.54, 1.807) is 31.2 Å². The van der Waals surface area contributed by atoms with Gasteiger partial charge in [0, 0.05) is 12.2 Å². The first-order valence-corrected chi connectivity index (χ1v) is 6.36. The lowest BCUT2D eigenvalue weighted by atomic mass is 10.1. The average Bonchev–Trinajstić information content (AvgIpc) is 2.90. The van der Waals surface area contributed by atoms with Gasteiger partial charge in [0.1, 0.15) is 6.61 Å². The lowest BCUT2D eigenvalue weighted by molar-refractivity contribution is 0.0335. The van der Waals surface area contributed by atoms with Crippen LogP contribution in [0.25, 0.3) is 11.5 Å². The Bertz CT molecular complexity index is 563. The third kappa shape index (κ3) is 3.64. The van der Waals surface area contributed by atoms with Crippen molar-refractivity contribution < 1.29 is 18.8 Å². The van der Waals surface area contributed by atoms with E-state index < -0.39 is 0 Å². The van der Waals surface area contributed by atoms with Crippen molar-refractivity contribution in [2.24, 2.45) is 0 Å². The molecule has 106 valence electrons. The zero-order valence-electron chi connectivity index (χ0n) is 11.5. The monoisotopic (exact) mass is 276 g/mol. The number of nitrogens with zero attached hydrogens (tertiary/aromatic N) is 2. The van der Waals surface area contributed by atoms with Crippen molar-refractivity contribution in [3.8, 4) is 11.5 Å². The highest BCUT2D eigenvalue weighted by molar-refractivity contribution is 5.89. The Morgan fingerprint density at radius 2 is 2.00 bits per heavy atom. The second-order valence-corrected chi connectivity index (χ2v) is 4.06. The maximum atomic E-state index is 11.7. The van der Waals surface area contributed by atoms with E-state index in [0.29, 0.717) is 30.5 Å². The minimum absolute atomic E-state index is 0.247. The van der Waals surface area contributed by atoms with Gasteiger partial charge in [-0.25, -0.2) is 4.79 Å². The van der Waals surface area contributed by atoms with Crippen LogP contribution in [0.2, 0.25) is 0 Å². The highest BCUT2D eigenvalue weighted by atomic mass is 16.6. The fraction of sp³-hybridized carbons (Fsp3) is 0.357. The van der Waals surface area contributed by atoms with Crippen LogP contribution in [-0.4, -0.2) is 35.9 Å². The van der Waals surface area contributed by atoms with Crippen LogP contribution in [0.15, 0.2) is 28.8 Å².